The molecule has 1 aromatic carbocycles. The van der Waals surface area contributed by atoms with Crippen molar-refractivity contribution in [2.75, 3.05) is 66.3 Å². The number of nitrogens with zero attached hydrogens (tertiary/aromatic N) is 2. The van der Waals surface area contributed by atoms with Gasteiger partial charge in [-0.2, -0.15) is 0 Å². The van der Waals surface area contributed by atoms with E-state index in [0.29, 0.717) is 58.1 Å². The SMILES string of the molecule is C=CCOCC(O)CN1CCOC(CN(CCOC)C(=O)c2ccc(F)cc2)C1. The summed E-state index contributed by atoms with van der Waals surface area (Å²) in [7, 11) is 1.58. The molecule has 1 saturated heterocycles. The molecule has 0 aliphatic carbocycles. The zero-order valence-corrected chi connectivity index (χ0v) is 17.0. The molecular weight excluding hydrogens is 379 g/mol. The van der Waals surface area contributed by atoms with Crippen molar-refractivity contribution in [2.24, 2.45) is 0 Å². The van der Waals surface area contributed by atoms with Gasteiger partial charge in [-0.15, -0.1) is 6.58 Å². The standard InChI is InChI=1S/C21H31FN2O5/c1-3-10-28-16-19(25)13-23-8-12-29-20(14-23)15-24(9-11-27-2)21(26)17-4-6-18(22)7-5-17/h3-7,19-20,25H,1,8-16H2,2H3. The monoisotopic (exact) mass is 410 g/mol. The van der Waals surface area contributed by atoms with Crippen LogP contribution in [0.5, 0.6) is 0 Å². The van der Waals surface area contributed by atoms with Gasteiger partial charge in [0, 0.05) is 45.4 Å². The van der Waals surface area contributed by atoms with Crippen LogP contribution in [-0.4, -0.2) is 99.3 Å². The van der Waals surface area contributed by atoms with E-state index in [1.165, 1.54) is 24.3 Å². The molecule has 2 rings (SSSR count). The molecule has 1 aromatic rings. The van der Waals surface area contributed by atoms with Gasteiger partial charge in [0.15, 0.2) is 0 Å². The van der Waals surface area contributed by atoms with Crippen molar-refractivity contribution < 1.29 is 28.5 Å². The molecule has 0 radical (unpaired) electrons. The number of hydrogen-bond acceptors (Lipinski definition) is 6. The molecule has 0 bridgehead atoms. The summed E-state index contributed by atoms with van der Waals surface area (Å²) in [6.07, 6.45) is 0.856. The Morgan fingerprint density at radius 1 is 1.48 bits per heavy atom. The number of halogens is 1. The predicted octanol–water partition coefficient (Wildman–Crippen LogP) is 1.18. The van der Waals surface area contributed by atoms with Crippen molar-refractivity contribution in [1.82, 2.24) is 9.80 Å². The van der Waals surface area contributed by atoms with Crippen LogP contribution in [0, 0.1) is 5.82 Å². The first-order valence-corrected chi connectivity index (χ1v) is 9.78. The molecule has 1 aliphatic heterocycles. The summed E-state index contributed by atoms with van der Waals surface area (Å²) < 4.78 is 29.4. The number of carbonyl (C=O) groups excluding carboxylic acids is 1. The number of hydrogen-bond donors (Lipinski definition) is 1. The Morgan fingerprint density at radius 2 is 2.24 bits per heavy atom. The van der Waals surface area contributed by atoms with Crippen molar-refractivity contribution in [3.63, 3.8) is 0 Å². The van der Waals surface area contributed by atoms with Crippen molar-refractivity contribution in [3.8, 4) is 0 Å². The van der Waals surface area contributed by atoms with Gasteiger partial charge in [-0.25, -0.2) is 4.39 Å². The van der Waals surface area contributed by atoms with Crippen LogP contribution in [0.2, 0.25) is 0 Å². The zero-order chi connectivity index (χ0) is 21.1. The third kappa shape index (κ3) is 8.20. The molecule has 7 nitrogen and oxygen atoms in total. The normalized spacial score (nSPS) is 18.4. The molecule has 2 unspecified atom stereocenters. The molecule has 1 aliphatic rings. The van der Waals surface area contributed by atoms with Gasteiger partial charge in [0.05, 0.1) is 38.6 Å². The maximum atomic E-state index is 13.2. The van der Waals surface area contributed by atoms with Crippen LogP contribution in [0.3, 0.4) is 0 Å². The summed E-state index contributed by atoms with van der Waals surface area (Å²) in [4.78, 5) is 16.6. The Labute approximate surface area is 171 Å². The van der Waals surface area contributed by atoms with Crippen molar-refractivity contribution in [3.05, 3.63) is 48.3 Å². The second kappa shape index (κ2) is 12.7. The lowest BCUT2D eigenvalue weighted by atomic mass is 10.1. The van der Waals surface area contributed by atoms with Gasteiger partial charge in [0.25, 0.3) is 5.91 Å². The topological polar surface area (TPSA) is 71.5 Å². The summed E-state index contributed by atoms with van der Waals surface area (Å²) in [5.41, 5.74) is 0.421. The molecule has 0 saturated carbocycles. The van der Waals surface area contributed by atoms with Crippen LogP contribution in [0.25, 0.3) is 0 Å². The zero-order valence-electron chi connectivity index (χ0n) is 17.0. The van der Waals surface area contributed by atoms with E-state index >= 15 is 0 Å². The van der Waals surface area contributed by atoms with E-state index in [2.05, 4.69) is 11.5 Å². The van der Waals surface area contributed by atoms with E-state index in [4.69, 9.17) is 14.2 Å². The fourth-order valence-electron chi connectivity index (χ4n) is 3.19. The smallest absolute Gasteiger partial charge is 0.254 e. The summed E-state index contributed by atoms with van der Waals surface area (Å²) in [5.74, 6) is -0.576. The largest absolute Gasteiger partial charge is 0.389 e. The first-order chi connectivity index (χ1) is 14.0. The van der Waals surface area contributed by atoms with Gasteiger partial charge in [-0.05, 0) is 24.3 Å². The summed E-state index contributed by atoms with van der Waals surface area (Å²) in [6, 6.07) is 5.50. The van der Waals surface area contributed by atoms with E-state index in [1.807, 2.05) is 0 Å². The van der Waals surface area contributed by atoms with Crippen molar-refractivity contribution >= 4 is 5.91 Å². The van der Waals surface area contributed by atoms with E-state index in [1.54, 1.807) is 18.1 Å². The average Bonchev–Trinajstić information content (AvgIpc) is 2.71. The highest BCUT2D eigenvalue weighted by Crippen LogP contribution is 2.12. The van der Waals surface area contributed by atoms with Crippen molar-refractivity contribution in [1.29, 1.82) is 0 Å². The molecule has 0 spiro atoms. The number of methoxy groups -OCH3 is 1. The third-order valence-electron chi connectivity index (χ3n) is 4.61. The summed E-state index contributed by atoms with van der Waals surface area (Å²) >= 11 is 0. The Morgan fingerprint density at radius 3 is 2.93 bits per heavy atom. The number of β-amino-alcohol motifs (C(OH)–C–C–N with tert-alkyl or cyclic N) is 1. The number of rotatable bonds is 12. The quantitative estimate of drug-likeness (QED) is 0.412. The number of morpholine rings is 1. The second-order valence-electron chi connectivity index (χ2n) is 6.98. The van der Waals surface area contributed by atoms with Crippen LogP contribution in [-0.2, 0) is 14.2 Å². The van der Waals surface area contributed by atoms with Crippen LogP contribution in [0.15, 0.2) is 36.9 Å². The van der Waals surface area contributed by atoms with Gasteiger partial charge < -0.3 is 24.2 Å². The van der Waals surface area contributed by atoms with E-state index in [9.17, 15) is 14.3 Å². The minimum Gasteiger partial charge on any atom is -0.389 e. The Hall–Kier alpha value is -1.84. The van der Waals surface area contributed by atoms with Crippen LogP contribution >= 0.6 is 0 Å². The lowest BCUT2D eigenvalue weighted by molar-refractivity contribution is -0.0585. The molecule has 0 aromatic heterocycles. The fourth-order valence-corrected chi connectivity index (χ4v) is 3.19. The molecule has 162 valence electrons. The van der Waals surface area contributed by atoms with Crippen LogP contribution in [0.1, 0.15) is 10.4 Å². The lowest BCUT2D eigenvalue weighted by Gasteiger charge is -2.36. The van der Waals surface area contributed by atoms with Gasteiger partial charge >= 0.3 is 0 Å². The predicted molar refractivity (Wildman–Crippen MR) is 107 cm³/mol. The van der Waals surface area contributed by atoms with Gasteiger partial charge in [0.1, 0.15) is 5.82 Å². The fraction of sp³-hybridized carbons (Fsp3) is 0.571. The van der Waals surface area contributed by atoms with Gasteiger partial charge in [-0.3, -0.25) is 9.69 Å². The molecule has 2 atom stereocenters. The Balaban J connectivity index is 1.92. The first kappa shape index (κ1) is 23.4. The first-order valence-electron chi connectivity index (χ1n) is 9.78. The van der Waals surface area contributed by atoms with E-state index in [-0.39, 0.29) is 24.4 Å². The van der Waals surface area contributed by atoms with E-state index in [0.717, 1.165) is 0 Å². The summed E-state index contributed by atoms with van der Waals surface area (Å²) in [6.45, 7) is 7.72. The van der Waals surface area contributed by atoms with E-state index < -0.39 is 6.10 Å². The van der Waals surface area contributed by atoms with Gasteiger partial charge in [0.2, 0.25) is 0 Å². The lowest BCUT2D eigenvalue weighted by Crippen LogP contribution is -2.51. The molecule has 1 amide bonds. The summed E-state index contributed by atoms with van der Waals surface area (Å²) in [5, 5.41) is 10.1. The number of aliphatic hydroxyl groups is 1. The second-order valence-corrected chi connectivity index (χ2v) is 6.98. The number of carbonyl (C=O) groups is 1. The number of benzene rings is 1. The number of ether oxygens (including phenoxy) is 3. The maximum Gasteiger partial charge on any atom is 0.254 e. The molecule has 1 heterocycles. The molecule has 1 fully saturated rings. The highest BCUT2D eigenvalue weighted by atomic mass is 19.1. The molecular formula is C21H31FN2O5. The third-order valence-corrected chi connectivity index (χ3v) is 4.61. The Kier molecular flexibility index (Phi) is 10.2. The Bertz CT molecular complexity index is 628. The minimum atomic E-state index is -0.598. The van der Waals surface area contributed by atoms with Crippen LogP contribution in [0.4, 0.5) is 4.39 Å². The van der Waals surface area contributed by atoms with Crippen LogP contribution < -0.4 is 0 Å². The number of aliphatic hydroxyl groups excluding tert-OH is 1. The van der Waals surface area contributed by atoms with Gasteiger partial charge in [-0.1, -0.05) is 6.08 Å². The number of amides is 1. The van der Waals surface area contributed by atoms with Crippen molar-refractivity contribution in [2.45, 2.75) is 12.2 Å². The highest BCUT2D eigenvalue weighted by molar-refractivity contribution is 5.94. The average molecular weight is 410 g/mol. The maximum absolute atomic E-state index is 13.2. The molecule has 8 heteroatoms. The molecule has 1 N–H and O–H groups in total. The molecule has 29 heavy (non-hydrogen) atoms. The minimum absolute atomic E-state index is 0.189. The highest BCUT2D eigenvalue weighted by Gasteiger charge is 2.26.